The summed E-state index contributed by atoms with van der Waals surface area (Å²) in [7, 11) is 5.25. The van der Waals surface area contributed by atoms with Crippen LogP contribution in [-0.2, 0) is 54.1 Å². The van der Waals surface area contributed by atoms with Crippen molar-refractivity contribution in [1.82, 2.24) is 24.3 Å². The number of unbranched alkanes of at least 4 members (excludes halogenated alkanes) is 1. The predicted octanol–water partition coefficient (Wildman–Crippen LogP) is 5.50. The van der Waals surface area contributed by atoms with Gasteiger partial charge in [-0.2, -0.15) is 0 Å². The molecule has 5 heterocycles. The Bertz CT molecular complexity index is 1860. The first-order valence-corrected chi connectivity index (χ1v) is 21.7. The smallest absolute Gasteiger partial charge is 0.410 e. The molecule has 2 aromatic heterocycles. The van der Waals surface area contributed by atoms with E-state index in [0.717, 1.165) is 11.3 Å². The summed E-state index contributed by atoms with van der Waals surface area (Å²) in [5.74, 6) is -5.64. The molecule has 3 saturated heterocycles. The number of aromatic nitrogens is 3. The molecular formula is C45H67N5O11. The van der Waals surface area contributed by atoms with Gasteiger partial charge in [-0.25, -0.2) is 9.78 Å². The Balaban J connectivity index is 1.46. The van der Waals surface area contributed by atoms with Gasteiger partial charge in [0.15, 0.2) is 23.8 Å². The van der Waals surface area contributed by atoms with Gasteiger partial charge in [-0.3, -0.25) is 24.2 Å². The van der Waals surface area contributed by atoms with E-state index < -0.39 is 89.3 Å². The number of hydrogen-bond acceptors (Lipinski definition) is 14. The molecule has 1 amide bonds. The van der Waals surface area contributed by atoms with Crippen LogP contribution in [0.25, 0.3) is 11.3 Å². The number of amides is 1. The van der Waals surface area contributed by atoms with Crippen molar-refractivity contribution in [2.75, 3.05) is 27.7 Å². The summed E-state index contributed by atoms with van der Waals surface area (Å²) in [6.07, 6.45) is 4.45. The van der Waals surface area contributed by atoms with Crippen molar-refractivity contribution in [1.29, 1.82) is 0 Å². The third-order valence-electron chi connectivity index (χ3n) is 13.1. The van der Waals surface area contributed by atoms with Crippen LogP contribution in [0.2, 0.25) is 0 Å². The molecule has 3 fully saturated rings. The van der Waals surface area contributed by atoms with E-state index in [1.54, 1.807) is 58.2 Å². The molecule has 0 bridgehead atoms. The average molecular weight is 854 g/mol. The van der Waals surface area contributed by atoms with Gasteiger partial charge in [0.05, 0.1) is 41.9 Å². The van der Waals surface area contributed by atoms with E-state index in [1.807, 2.05) is 55.7 Å². The van der Waals surface area contributed by atoms with E-state index in [9.17, 15) is 24.0 Å². The number of imidazole rings is 1. The second-order valence-corrected chi connectivity index (χ2v) is 17.9. The summed E-state index contributed by atoms with van der Waals surface area (Å²) in [6.45, 7) is 16.2. The first-order valence-electron chi connectivity index (χ1n) is 21.7. The highest BCUT2D eigenvalue weighted by Crippen LogP contribution is 2.43. The lowest BCUT2D eigenvalue weighted by molar-refractivity contribution is -0.298. The standard InChI is InChI=1S/C45H67N5O11/c1-13-35-45(9)39(50(43(55)61-45)20-15-14-19-49-24-33(47-25-49)32-17-16-18-46-23-32)28(4)36(52)26(2)22-44(8,56-12)40(29(5)37(53)30(6)41(54)59-35)60-42-38(58-31(7)51)34(48(10)11)21-27(3)57-42/h16-18,23-30,34-35,38-40,42H,13-15,19-22H2,1-12H3/t26-,27-,28?,29+,30-,34-,35-,38-,39-,40-,42+,44-,45-/m1/s1. The number of Topliss-reactive ketones (excluding diaryl/α,β-unsaturated/α-hetero) is 2. The minimum Gasteiger partial charge on any atom is -0.458 e. The fraction of sp³-hybridized carbons (Fsp3) is 0.711. The Morgan fingerprint density at radius 3 is 2.34 bits per heavy atom. The molecular weight excluding hydrogens is 787 g/mol. The van der Waals surface area contributed by atoms with Crippen LogP contribution in [0.1, 0.15) is 94.4 Å². The lowest BCUT2D eigenvalue weighted by atomic mass is 9.73. The molecule has 61 heavy (non-hydrogen) atoms. The molecule has 0 aliphatic carbocycles. The Hall–Kier alpha value is -4.25. The molecule has 3 aliphatic heterocycles. The number of methoxy groups -OCH3 is 1. The summed E-state index contributed by atoms with van der Waals surface area (Å²) >= 11 is 0. The van der Waals surface area contributed by atoms with Gasteiger partial charge in [0.25, 0.3) is 0 Å². The van der Waals surface area contributed by atoms with Crippen molar-refractivity contribution in [3.63, 3.8) is 0 Å². The van der Waals surface area contributed by atoms with E-state index in [-0.39, 0.29) is 37.3 Å². The van der Waals surface area contributed by atoms with Crippen molar-refractivity contribution >= 4 is 29.6 Å². The number of nitrogens with zero attached hydrogens (tertiary/aromatic N) is 5. The number of ketones is 2. The number of likely N-dealkylation sites (N-methyl/N-ethyl adjacent to an activating group) is 1. The Morgan fingerprint density at radius 1 is 1.02 bits per heavy atom. The molecule has 5 rings (SSSR count). The maximum atomic E-state index is 14.8. The number of carbonyl (C=O) groups excluding carboxylic acids is 5. The van der Waals surface area contributed by atoms with Crippen LogP contribution in [0.3, 0.4) is 0 Å². The molecule has 338 valence electrons. The predicted molar refractivity (Wildman–Crippen MR) is 224 cm³/mol. The van der Waals surface area contributed by atoms with Crippen molar-refractivity contribution in [2.45, 2.75) is 155 Å². The van der Waals surface area contributed by atoms with Crippen LogP contribution in [0.5, 0.6) is 0 Å². The van der Waals surface area contributed by atoms with Crippen LogP contribution in [-0.4, -0.2) is 136 Å². The lowest BCUT2D eigenvalue weighted by Gasteiger charge is -2.47. The van der Waals surface area contributed by atoms with Gasteiger partial charge >= 0.3 is 18.0 Å². The third kappa shape index (κ3) is 10.3. The van der Waals surface area contributed by atoms with Gasteiger partial charge in [-0.15, -0.1) is 0 Å². The van der Waals surface area contributed by atoms with E-state index >= 15 is 0 Å². The molecule has 0 aromatic carbocycles. The van der Waals surface area contributed by atoms with Crippen molar-refractivity contribution in [2.24, 2.45) is 23.7 Å². The van der Waals surface area contributed by atoms with Crippen LogP contribution in [0.4, 0.5) is 4.79 Å². The largest absolute Gasteiger partial charge is 0.458 e. The molecule has 16 heteroatoms. The van der Waals surface area contributed by atoms with Crippen LogP contribution in [0.15, 0.2) is 37.1 Å². The van der Waals surface area contributed by atoms with E-state index in [1.165, 1.54) is 21.0 Å². The number of cyclic esters (lactones) is 1. The van der Waals surface area contributed by atoms with Gasteiger partial charge in [0, 0.05) is 69.0 Å². The number of fused-ring (bicyclic) bond motifs is 1. The Kier molecular flexibility index (Phi) is 15.6. The molecule has 0 saturated carbocycles. The first-order chi connectivity index (χ1) is 28.8. The highest BCUT2D eigenvalue weighted by molar-refractivity contribution is 6.00. The summed E-state index contributed by atoms with van der Waals surface area (Å²) in [5, 5.41) is 0. The zero-order valence-corrected chi connectivity index (χ0v) is 38.0. The highest BCUT2D eigenvalue weighted by atomic mass is 16.7. The molecule has 13 atom stereocenters. The molecule has 0 N–H and O–H groups in total. The lowest BCUT2D eigenvalue weighted by Crippen LogP contribution is -2.61. The Labute approximate surface area is 360 Å². The van der Waals surface area contributed by atoms with Crippen LogP contribution in [0, 0.1) is 23.7 Å². The first kappa shape index (κ1) is 47.8. The van der Waals surface area contributed by atoms with E-state index in [2.05, 4.69) is 9.97 Å². The molecule has 0 spiro atoms. The summed E-state index contributed by atoms with van der Waals surface area (Å²) < 4.78 is 39.5. The second kappa shape index (κ2) is 19.9. The van der Waals surface area contributed by atoms with Gasteiger partial charge in [0.1, 0.15) is 17.8 Å². The third-order valence-corrected chi connectivity index (χ3v) is 13.1. The van der Waals surface area contributed by atoms with Crippen molar-refractivity contribution in [3.8, 4) is 11.3 Å². The van der Waals surface area contributed by atoms with Crippen molar-refractivity contribution < 1.29 is 52.4 Å². The van der Waals surface area contributed by atoms with Gasteiger partial charge in [0.2, 0.25) is 0 Å². The van der Waals surface area contributed by atoms with Crippen LogP contribution < -0.4 is 0 Å². The monoisotopic (exact) mass is 853 g/mol. The topological polar surface area (TPSA) is 178 Å². The van der Waals surface area contributed by atoms with Gasteiger partial charge in [-0.05, 0) is 86.0 Å². The maximum Gasteiger partial charge on any atom is 0.410 e. The zero-order valence-electron chi connectivity index (χ0n) is 38.0. The normalized spacial score (nSPS) is 35.4. The van der Waals surface area contributed by atoms with E-state index in [0.29, 0.717) is 25.8 Å². The highest BCUT2D eigenvalue weighted by Gasteiger charge is 2.60. The van der Waals surface area contributed by atoms with E-state index in [4.69, 9.17) is 28.4 Å². The zero-order chi connectivity index (χ0) is 45.0. The number of ether oxygens (including phenoxy) is 6. The minimum absolute atomic E-state index is 0.104. The summed E-state index contributed by atoms with van der Waals surface area (Å²) in [4.78, 5) is 81.9. The summed E-state index contributed by atoms with van der Waals surface area (Å²) in [6, 6.07) is 2.72. The molecule has 1 unspecified atom stereocenters. The number of aryl methyl sites for hydroxylation is 1. The quantitative estimate of drug-likeness (QED) is 0.113. The molecule has 0 radical (unpaired) electrons. The van der Waals surface area contributed by atoms with Gasteiger partial charge in [-0.1, -0.05) is 27.7 Å². The number of rotatable bonds is 12. The summed E-state index contributed by atoms with van der Waals surface area (Å²) in [5.41, 5.74) is -1.01. The fourth-order valence-electron chi connectivity index (χ4n) is 9.73. The number of hydrogen-bond donors (Lipinski definition) is 0. The fourth-order valence-corrected chi connectivity index (χ4v) is 9.73. The maximum absolute atomic E-state index is 14.8. The van der Waals surface area contributed by atoms with Crippen molar-refractivity contribution in [3.05, 3.63) is 37.1 Å². The number of pyridine rings is 1. The SMILES string of the molecule is CC[C@H]1OC(=O)[C@H](C)C(=O)[C@H](C)[C@@H](O[C@@H]2O[C@H](C)C[C@@H](N(C)C)[C@H]2OC(C)=O)[C@](C)(OC)C[C@@H](C)C(=O)C(C)[C@H]2N(CCCCn3cnc(-c4cccnc4)c3)C(=O)O[C@]12C. The molecule has 16 nitrogen and oxygen atoms in total. The number of carbonyl (C=O) groups is 5. The molecule has 3 aliphatic rings. The second-order valence-electron chi connectivity index (χ2n) is 17.9. The van der Waals surface area contributed by atoms with Crippen LogP contribution >= 0.6 is 0 Å². The average Bonchev–Trinajstić information content (AvgIpc) is 3.80. The number of esters is 2. The Morgan fingerprint density at radius 2 is 1.72 bits per heavy atom. The minimum atomic E-state index is -1.42. The van der Waals surface area contributed by atoms with Gasteiger partial charge < -0.3 is 42.8 Å². The molecule has 2 aromatic rings.